The molecule has 0 aromatic rings. The Labute approximate surface area is 31.6 Å². The molecule has 0 radical (unpaired) electrons. The number of hydrogen-bond acceptors (Lipinski definition) is 4. The van der Waals surface area contributed by atoms with Gasteiger partial charge in [0, 0.05) is 0 Å². The van der Waals surface area contributed by atoms with E-state index in [1.807, 2.05) is 0 Å². The quantitative estimate of drug-likeness (QED) is 0.182. The Balaban J connectivity index is 2.54. The number of rotatable bonds is 1. The van der Waals surface area contributed by atoms with Crippen LogP contribution in [0.1, 0.15) is 0 Å². The maximum atomic E-state index is 4.90. The second kappa shape index (κ2) is 2.50. The molecule has 0 spiro atoms. The predicted octanol–water partition coefficient (Wildman–Crippen LogP) is -1.41. The summed E-state index contributed by atoms with van der Waals surface area (Å²) in [6.07, 6.45) is 0. The smallest absolute Gasteiger partial charge is 0.120 e. The normalized spacial score (nSPS) is 9.60. The third-order valence-corrected chi connectivity index (χ3v) is 0.447. The van der Waals surface area contributed by atoms with Crippen LogP contribution in [0.25, 0.3) is 0 Å². The SMILES string of the molecule is NNP(N)N. The minimum Gasteiger partial charge on any atom is -0.284 e. The number of nitrogens with one attached hydrogen (secondary N) is 1. The zero-order chi connectivity index (χ0) is 4.28. The van der Waals surface area contributed by atoms with Crippen LogP contribution in [0.3, 0.4) is 0 Å². The van der Waals surface area contributed by atoms with Crippen molar-refractivity contribution in [1.29, 1.82) is 0 Å². The highest BCUT2D eigenvalue weighted by molar-refractivity contribution is 7.50. The molecule has 0 aromatic carbocycles. The van der Waals surface area contributed by atoms with Crippen molar-refractivity contribution in [2.24, 2.45) is 16.9 Å². The molecule has 5 heavy (non-hydrogen) atoms. The first-order valence-electron chi connectivity index (χ1n) is 1.03. The molecule has 5 heteroatoms. The molecule has 0 heterocycles. The van der Waals surface area contributed by atoms with Gasteiger partial charge < -0.3 is 0 Å². The molecule has 32 valence electrons. The van der Waals surface area contributed by atoms with Crippen LogP contribution >= 0.6 is 8.37 Å². The van der Waals surface area contributed by atoms with Gasteiger partial charge in [0.25, 0.3) is 0 Å². The molecular formula is H7N4P. The maximum absolute atomic E-state index is 4.90. The summed E-state index contributed by atoms with van der Waals surface area (Å²) in [5.41, 5.74) is 9.80. The molecule has 0 aromatic heterocycles. The second-order valence-electron chi connectivity index (χ2n) is 0.536. The van der Waals surface area contributed by atoms with Crippen LogP contribution in [0.15, 0.2) is 0 Å². The van der Waals surface area contributed by atoms with Gasteiger partial charge in [-0.05, 0) is 0 Å². The van der Waals surface area contributed by atoms with E-state index in [9.17, 15) is 0 Å². The molecule has 0 fully saturated rings. The van der Waals surface area contributed by atoms with E-state index in [2.05, 4.69) is 5.20 Å². The monoisotopic (exact) mass is 94.0 g/mol. The fraction of sp³-hybridized carbons (Fsp3) is 0. The van der Waals surface area contributed by atoms with Gasteiger partial charge in [-0.2, -0.15) is 0 Å². The summed E-state index contributed by atoms with van der Waals surface area (Å²) in [7, 11) is -1.07. The van der Waals surface area contributed by atoms with Crippen LogP contribution in [0.2, 0.25) is 0 Å². The van der Waals surface area contributed by atoms with Crippen LogP contribution < -0.4 is 22.0 Å². The highest BCUT2D eigenvalue weighted by atomic mass is 31.1. The summed E-state index contributed by atoms with van der Waals surface area (Å²) in [5, 5.41) is 2.15. The highest BCUT2D eigenvalue weighted by Crippen LogP contribution is 1.96. The molecule has 0 saturated carbocycles. The molecule has 0 unspecified atom stereocenters. The van der Waals surface area contributed by atoms with E-state index >= 15 is 0 Å². The van der Waals surface area contributed by atoms with Gasteiger partial charge in [0.1, 0.15) is 8.37 Å². The first-order chi connectivity index (χ1) is 2.27. The van der Waals surface area contributed by atoms with Gasteiger partial charge in [0.15, 0.2) is 0 Å². The molecule has 0 saturated heterocycles. The zero-order valence-electron chi connectivity index (χ0n) is 2.68. The van der Waals surface area contributed by atoms with E-state index in [-0.39, 0.29) is 0 Å². The largest absolute Gasteiger partial charge is 0.284 e. The van der Waals surface area contributed by atoms with Crippen molar-refractivity contribution in [2.45, 2.75) is 0 Å². The van der Waals surface area contributed by atoms with Crippen LogP contribution in [0, 0.1) is 0 Å². The third-order valence-electron chi connectivity index (χ3n) is 0.149. The van der Waals surface area contributed by atoms with Gasteiger partial charge in [-0.25, -0.2) is 5.20 Å². The number of hydrazine groups is 1. The second-order valence-corrected chi connectivity index (χ2v) is 1.61. The lowest BCUT2D eigenvalue weighted by molar-refractivity contribution is 1.08. The number of hydrogen-bond donors (Lipinski definition) is 4. The van der Waals surface area contributed by atoms with Crippen molar-refractivity contribution < 1.29 is 0 Å². The topological polar surface area (TPSA) is 90.1 Å². The van der Waals surface area contributed by atoms with Crippen molar-refractivity contribution in [3.63, 3.8) is 0 Å². The van der Waals surface area contributed by atoms with E-state index in [0.29, 0.717) is 0 Å². The fourth-order valence-corrected chi connectivity index (χ4v) is 0. The Kier molecular flexibility index (Phi) is 2.64. The summed E-state index contributed by atoms with van der Waals surface area (Å²) in [6, 6.07) is 0. The molecule has 0 aliphatic rings. The van der Waals surface area contributed by atoms with Crippen LogP contribution in [0.4, 0.5) is 0 Å². The molecule has 0 atom stereocenters. The Hall–Kier alpha value is 0.270. The Morgan fingerprint density at radius 2 is 1.60 bits per heavy atom. The van der Waals surface area contributed by atoms with Crippen molar-refractivity contribution in [3.8, 4) is 0 Å². The molecule has 0 bridgehead atoms. The van der Waals surface area contributed by atoms with E-state index in [1.165, 1.54) is 0 Å². The molecule has 0 aliphatic carbocycles. The van der Waals surface area contributed by atoms with Gasteiger partial charge in [0.2, 0.25) is 0 Å². The molecule has 0 aliphatic heterocycles. The molecule has 0 rings (SSSR count). The minimum absolute atomic E-state index is 1.07. The molecule has 7 N–H and O–H groups in total. The lowest BCUT2D eigenvalue weighted by atomic mass is 13.0. The summed E-state index contributed by atoms with van der Waals surface area (Å²) < 4.78 is 0. The summed E-state index contributed by atoms with van der Waals surface area (Å²) in [5.74, 6) is 4.70. The predicted molar refractivity (Wildman–Crippen MR) is 22.6 cm³/mol. The zero-order valence-corrected chi connectivity index (χ0v) is 3.57. The molecule has 0 amide bonds. The van der Waals surface area contributed by atoms with Crippen LogP contribution in [0.5, 0.6) is 0 Å². The van der Waals surface area contributed by atoms with Gasteiger partial charge in [0.05, 0.1) is 0 Å². The molecular weight excluding hydrogens is 87.0 g/mol. The average molecular weight is 94.1 g/mol. The van der Waals surface area contributed by atoms with E-state index in [0.717, 1.165) is 0 Å². The summed E-state index contributed by atoms with van der Waals surface area (Å²) in [4.78, 5) is 0. The van der Waals surface area contributed by atoms with Crippen molar-refractivity contribution in [1.82, 2.24) is 5.20 Å². The minimum atomic E-state index is -1.07. The van der Waals surface area contributed by atoms with E-state index in [4.69, 9.17) is 16.9 Å². The van der Waals surface area contributed by atoms with Gasteiger partial charge >= 0.3 is 0 Å². The lowest BCUT2D eigenvalue weighted by Crippen LogP contribution is -2.23. The van der Waals surface area contributed by atoms with Crippen molar-refractivity contribution >= 4 is 8.37 Å². The Morgan fingerprint density at radius 1 is 1.40 bits per heavy atom. The van der Waals surface area contributed by atoms with Crippen LogP contribution in [-0.4, -0.2) is 0 Å². The highest BCUT2D eigenvalue weighted by Gasteiger charge is 1.77. The van der Waals surface area contributed by atoms with Gasteiger partial charge in [-0.15, -0.1) is 0 Å². The van der Waals surface area contributed by atoms with Crippen molar-refractivity contribution in [2.75, 3.05) is 0 Å². The standard InChI is InChI=1S/H7N4P/c1-4-5(2)3/h4H,1-3H2. The van der Waals surface area contributed by atoms with E-state index < -0.39 is 8.37 Å². The van der Waals surface area contributed by atoms with E-state index in [1.54, 1.807) is 0 Å². The molecule has 4 nitrogen and oxygen atoms in total. The fourth-order valence-electron chi connectivity index (χ4n) is 0. The lowest BCUT2D eigenvalue weighted by Gasteiger charge is -1.95. The summed E-state index contributed by atoms with van der Waals surface area (Å²) in [6.45, 7) is 0. The third kappa shape index (κ3) is 4.27. The first-order valence-corrected chi connectivity index (χ1v) is 2.51. The maximum Gasteiger partial charge on any atom is 0.120 e. The van der Waals surface area contributed by atoms with Crippen molar-refractivity contribution in [3.05, 3.63) is 0 Å². The first kappa shape index (κ1) is 5.27. The Morgan fingerprint density at radius 3 is 1.60 bits per heavy atom. The summed E-state index contributed by atoms with van der Waals surface area (Å²) >= 11 is 0. The Bertz CT molecular complexity index is 17.6. The number of nitrogens with two attached hydrogens (primary N) is 3. The van der Waals surface area contributed by atoms with Gasteiger partial charge in [-0.3, -0.25) is 16.9 Å². The van der Waals surface area contributed by atoms with Crippen LogP contribution in [-0.2, 0) is 0 Å². The average Bonchev–Trinajstić information content (AvgIpc) is 1.38. The van der Waals surface area contributed by atoms with Gasteiger partial charge in [-0.1, -0.05) is 0 Å².